The number of aromatic nitrogens is 2. The first-order valence-corrected chi connectivity index (χ1v) is 9.00. The first-order valence-electron chi connectivity index (χ1n) is 6.54. The molecule has 23 heavy (non-hydrogen) atoms. The van der Waals surface area contributed by atoms with E-state index in [2.05, 4.69) is 42.3 Å². The van der Waals surface area contributed by atoms with Crippen LogP contribution in [0.15, 0.2) is 50.9 Å². The number of halogens is 3. The second kappa shape index (κ2) is 6.94. The average molecular weight is 459 g/mol. The minimum absolute atomic E-state index is 0.328. The smallest absolute Gasteiger partial charge is 0.257 e. The second-order valence-corrected chi connectivity index (χ2v) is 7.45. The van der Waals surface area contributed by atoms with Gasteiger partial charge >= 0.3 is 0 Å². The summed E-state index contributed by atoms with van der Waals surface area (Å²) in [6.45, 7) is 0.559. The lowest BCUT2D eigenvalue weighted by atomic mass is 10.2. The van der Waals surface area contributed by atoms with E-state index in [-0.39, 0.29) is 5.91 Å². The molecule has 0 bridgehead atoms. The predicted octanol–water partition coefficient (Wildman–Crippen LogP) is 4.91. The quantitative estimate of drug-likeness (QED) is 0.603. The molecule has 0 fully saturated rings. The molecule has 0 spiro atoms. The number of carbonyl (C=O) groups is 1. The van der Waals surface area contributed by atoms with Crippen LogP contribution in [0.1, 0.15) is 15.2 Å². The number of anilines is 1. The molecule has 0 aliphatic carbocycles. The maximum absolute atomic E-state index is 13.1. The van der Waals surface area contributed by atoms with Crippen molar-refractivity contribution in [3.05, 3.63) is 67.1 Å². The van der Waals surface area contributed by atoms with Gasteiger partial charge in [0.15, 0.2) is 0 Å². The first kappa shape index (κ1) is 16.4. The Labute approximate surface area is 152 Å². The third kappa shape index (κ3) is 3.88. The summed E-state index contributed by atoms with van der Waals surface area (Å²) >= 11 is 8.22. The lowest BCUT2D eigenvalue weighted by Gasteiger charge is -2.09. The Morgan fingerprint density at radius 1 is 1.30 bits per heavy atom. The minimum atomic E-state index is -0.401. The van der Waals surface area contributed by atoms with Gasteiger partial charge in [-0.2, -0.15) is 5.10 Å². The van der Waals surface area contributed by atoms with Crippen LogP contribution in [0, 0.1) is 5.82 Å². The fraction of sp³-hybridized carbons (Fsp3) is 0.0667. The molecular formula is C15H10Br2FN3OS. The van der Waals surface area contributed by atoms with Gasteiger partial charge in [0.1, 0.15) is 11.6 Å². The molecule has 0 unspecified atom stereocenters. The summed E-state index contributed by atoms with van der Waals surface area (Å²) in [5.41, 5.74) is 0.359. The van der Waals surface area contributed by atoms with Crippen molar-refractivity contribution in [2.75, 3.05) is 5.32 Å². The highest BCUT2D eigenvalue weighted by Crippen LogP contribution is 2.23. The number of hydrogen-bond donors (Lipinski definition) is 1. The molecule has 1 amide bonds. The molecule has 0 saturated heterocycles. The lowest BCUT2D eigenvalue weighted by Crippen LogP contribution is -2.16. The number of rotatable bonds is 4. The fourth-order valence-corrected chi connectivity index (χ4v) is 3.97. The molecule has 0 atom stereocenters. The van der Waals surface area contributed by atoms with Crippen LogP contribution >= 0.6 is 43.2 Å². The highest BCUT2D eigenvalue weighted by molar-refractivity contribution is 9.10. The number of nitrogens with zero attached hydrogens (tertiary/aromatic N) is 2. The van der Waals surface area contributed by atoms with Crippen LogP contribution in [0.5, 0.6) is 0 Å². The van der Waals surface area contributed by atoms with Crippen LogP contribution in [0.25, 0.3) is 0 Å². The van der Waals surface area contributed by atoms with E-state index in [0.29, 0.717) is 22.4 Å². The van der Waals surface area contributed by atoms with Crippen LogP contribution in [0.2, 0.25) is 0 Å². The van der Waals surface area contributed by atoms with Gasteiger partial charge in [-0.3, -0.25) is 4.79 Å². The van der Waals surface area contributed by atoms with E-state index in [9.17, 15) is 9.18 Å². The zero-order valence-electron chi connectivity index (χ0n) is 11.6. The Balaban J connectivity index is 1.78. The van der Waals surface area contributed by atoms with Crippen molar-refractivity contribution < 1.29 is 9.18 Å². The summed E-state index contributed by atoms with van der Waals surface area (Å²) in [6.07, 6.45) is 1.62. The third-order valence-electron chi connectivity index (χ3n) is 3.06. The minimum Gasteiger partial charge on any atom is -0.307 e. The summed E-state index contributed by atoms with van der Waals surface area (Å²) in [6, 6.07) is 7.67. The lowest BCUT2D eigenvalue weighted by molar-refractivity contribution is 0.102. The Morgan fingerprint density at radius 2 is 2.13 bits per heavy atom. The Morgan fingerprint density at radius 3 is 2.83 bits per heavy atom. The van der Waals surface area contributed by atoms with Gasteiger partial charge in [0, 0.05) is 25.3 Å². The standard InChI is InChI=1S/C15H10Br2FN3OS/c16-9-5-11(23-8-9)7-21-14(3-4-19-21)20-15(22)12-2-1-10(18)6-13(12)17/h1-6,8H,7H2,(H,20,22). The highest BCUT2D eigenvalue weighted by atomic mass is 79.9. The maximum Gasteiger partial charge on any atom is 0.257 e. The van der Waals surface area contributed by atoms with Gasteiger partial charge in [-0.05, 0) is 56.1 Å². The van der Waals surface area contributed by atoms with Crippen molar-refractivity contribution >= 4 is 54.9 Å². The molecule has 1 N–H and O–H groups in total. The van der Waals surface area contributed by atoms with E-state index in [1.807, 2.05) is 11.4 Å². The number of benzene rings is 1. The maximum atomic E-state index is 13.1. The van der Waals surface area contributed by atoms with Gasteiger partial charge in [-0.25, -0.2) is 9.07 Å². The zero-order chi connectivity index (χ0) is 16.4. The number of carbonyl (C=O) groups excluding carboxylic acids is 1. The fourth-order valence-electron chi connectivity index (χ4n) is 2.01. The number of thiophene rings is 1. The molecule has 3 rings (SSSR count). The summed E-state index contributed by atoms with van der Waals surface area (Å²) in [7, 11) is 0. The molecule has 2 aromatic heterocycles. The molecule has 0 saturated carbocycles. The van der Waals surface area contributed by atoms with E-state index in [0.717, 1.165) is 9.35 Å². The van der Waals surface area contributed by atoms with Crippen molar-refractivity contribution in [3.8, 4) is 0 Å². The molecule has 1 aromatic carbocycles. The first-order chi connectivity index (χ1) is 11.0. The van der Waals surface area contributed by atoms with E-state index in [1.54, 1.807) is 28.3 Å². The van der Waals surface area contributed by atoms with Gasteiger partial charge in [0.05, 0.1) is 18.3 Å². The van der Waals surface area contributed by atoms with Gasteiger partial charge in [0.2, 0.25) is 0 Å². The number of nitrogens with one attached hydrogen (secondary N) is 1. The largest absolute Gasteiger partial charge is 0.307 e. The monoisotopic (exact) mass is 457 g/mol. The highest BCUT2D eigenvalue weighted by Gasteiger charge is 2.13. The number of hydrogen-bond acceptors (Lipinski definition) is 3. The van der Waals surface area contributed by atoms with Crippen LogP contribution in [0.3, 0.4) is 0 Å². The summed E-state index contributed by atoms with van der Waals surface area (Å²) in [4.78, 5) is 13.5. The van der Waals surface area contributed by atoms with Gasteiger partial charge in [-0.1, -0.05) is 0 Å². The zero-order valence-corrected chi connectivity index (χ0v) is 15.6. The van der Waals surface area contributed by atoms with E-state index in [1.165, 1.54) is 18.2 Å². The van der Waals surface area contributed by atoms with Crippen molar-refractivity contribution in [1.29, 1.82) is 0 Å². The Bertz CT molecular complexity index is 862. The molecule has 0 aliphatic rings. The summed E-state index contributed by atoms with van der Waals surface area (Å²) in [5.74, 6) is -0.150. The normalized spacial score (nSPS) is 10.7. The number of amides is 1. The van der Waals surface area contributed by atoms with Crippen LogP contribution < -0.4 is 5.32 Å². The van der Waals surface area contributed by atoms with Crippen molar-refractivity contribution in [2.45, 2.75) is 6.54 Å². The topological polar surface area (TPSA) is 46.9 Å². The van der Waals surface area contributed by atoms with Gasteiger partial charge in [-0.15, -0.1) is 11.3 Å². The molecular weight excluding hydrogens is 449 g/mol. The Kier molecular flexibility index (Phi) is 4.93. The van der Waals surface area contributed by atoms with Gasteiger partial charge < -0.3 is 5.32 Å². The molecule has 8 heteroatoms. The predicted molar refractivity (Wildman–Crippen MR) is 95.4 cm³/mol. The molecule has 118 valence electrons. The second-order valence-electron chi connectivity index (χ2n) is 4.68. The molecule has 3 aromatic rings. The van der Waals surface area contributed by atoms with Crippen molar-refractivity contribution in [3.63, 3.8) is 0 Å². The van der Waals surface area contributed by atoms with Crippen molar-refractivity contribution in [1.82, 2.24) is 9.78 Å². The molecule has 0 aliphatic heterocycles. The third-order valence-corrected chi connectivity index (χ3v) is 5.40. The SMILES string of the molecule is O=C(Nc1ccnn1Cc1cc(Br)cs1)c1ccc(F)cc1Br. The molecule has 4 nitrogen and oxygen atoms in total. The molecule has 2 heterocycles. The van der Waals surface area contributed by atoms with E-state index in [4.69, 9.17) is 0 Å². The van der Waals surface area contributed by atoms with E-state index >= 15 is 0 Å². The van der Waals surface area contributed by atoms with Crippen LogP contribution in [0.4, 0.5) is 10.2 Å². The van der Waals surface area contributed by atoms with Crippen molar-refractivity contribution in [2.24, 2.45) is 0 Å². The Hall–Kier alpha value is -1.51. The summed E-state index contributed by atoms with van der Waals surface area (Å²) in [5, 5.41) is 9.01. The molecule has 0 radical (unpaired) electrons. The van der Waals surface area contributed by atoms with Gasteiger partial charge in [0.25, 0.3) is 5.91 Å². The van der Waals surface area contributed by atoms with Crippen LogP contribution in [-0.4, -0.2) is 15.7 Å². The average Bonchev–Trinajstić information content (AvgIpc) is 3.09. The summed E-state index contributed by atoms with van der Waals surface area (Å²) < 4.78 is 16.2. The van der Waals surface area contributed by atoms with E-state index < -0.39 is 5.82 Å². The van der Waals surface area contributed by atoms with Crippen LogP contribution in [-0.2, 0) is 6.54 Å².